The molecule has 0 aliphatic heterocycles. The van der Waals surface area contributed by atoms with Crippen molar-refractivity contribution in [1.82, 2.24) is 3.87 Å². The van der Waals surface area contributed by atoms with Gasteiger partial charge in [0.25, 0.3) is 0 Å². The van der Waals surface area contributed by atoms with Crippen molar-refractivity contribution in [3.63, 3.8) is 0 Å². The van der Waals surface area contributed by atoms with Crippen LogP contribution in [-0.2, 0) is 25.8 Å². The summed E-state index contributed by atoms with van der Waals surface area (Å²) in [5.41, 5.74) is 0. The third kappa shape index (κ3) is 2.55. The minimum Gasteiger partial charge on any atom is -0.271 e. The van der Waals surface area contributed by atoms with E-state index < -0.39 is 24.5 Å². The van der Waals surface area contributed by atoms with Gasteiger partial charge in [0.05, 0.1) is 0 Å². The van der Waals surface area contributed by atoms with Gasteiger partial charge in [-0.2, -0.15) is 16.8 Å². The van der Waals surface area contributed by atoms with Crippen molar-refractivity contribution in [3.8, 4) is 0 Å². The molecule has 0 spiro atoms. The molecule has 0 atom stereocenters. The van der Waals surface area contributed by atoms with E-state index in [1.165, 1.54) is 0 Å². The number of hydrogen-bond donors (Lipinski definition) is 2. The molecule has 0 aromatic carbocycles. The highest BCUT2D eigenvalue weighted by atomic mass is 32.3. The van der Waals surface area contributed by atoms with Crippen molar-refractivity contribution in [2.75, 3.05) is 0 Å². The van der Waals surface area contributed by atoms with Crippen LogP contribution in [0.2, 0.25) is 0 Å². The highest BCUT2D eigenvalue weighted by Crippen LogP contribution is 1.98. The van der Waals surface area contributed by atoms with Gasteiger partial charge < -0.3 is 0 Å². The first-order valence-electron chi connectivity index (χ1n) is 1.58. The Bertz CT molecular complexity index is 260. The molecule has 0 heterocycles. The van der Waals surface area contributed by atoms with Crippen LogP contribution >= 0.6 is 0 Å². The molecular weight excluding hydrogens is 190 g/mol. The molecule has 0 aromatic heterocycles. The fraction of sp³-hybridized carbons (Fsp3) is 0. The lowest BCUT2D eigenvalue weighted by molar-refractivity contribution is -0.00810. The first-order valence-corrected chi connectivity index (χ1v) is 4.37. The molecule has 61 valence electrons. The van der Waals surface area contributed by atoms with Crippen molar-refractivity contribution in [1.29, 1.82) is 0 Å². The van der Waals surface area contributed by atoms with Crippen molar-refractivity contribution >= 4 is 20.6 Å². The average molecular weight is 192 g/mol. The first kappa shape index (κ1) is 9.74. The van der Waals surface area contributed by atoms with Gasteiger partial charge in [-0.1, -0.05) is 5.21 Å². The second-order valence-corrected chi connectivity index (χ2v) is 3.81. The molecular formula is H2NO7S2. The van der Waals surface area contributed by atoms with Gasteiger partial charge in [0.1, 0.15) is 3.87 Å². The zero-order valence-electron chi connectivity index (χ0n) is 4.20. The molecule has 0 unspecified atom stereocenters. The Morgan fingerprint density at radius 3 is 1.10 bits per heavy atom. The number of nitrogens with zero attached hydrogens (tertiary/aromatic N) is 1. The number of rotatable bonds is 2. The number of hydrogen-bond acceptors (Lipinski definition) is 4. The molecule has 10 heteroatoms. The maximum atomic E-state index is 9.73. The van der Waals surface area contributed by atoms with Gasteiger partial charge in [0.2, 0.25) is 0 Å². The van der Waals surface area contributed by atoms with E-state index in [4.69, 9.17) is 9.11 Å². The normalized spacial score (nSPS) is 14.0. The lowest BCUT2D eigenvalue weighted by atomic mass is 13.5. The summed E-state index contributed by atoms with van der Waals surface area (Å²) < 4.78 is 51.9. The molecule has 8 nitrogen and oxygen atoms in total. The summed E-state index contributed by atoms with van der Waals surface area (Å²) in [6.07, 6.45) is 0. The Kier molecular flexibility index (Phi) is 2.35. The highest BCUT2D eigenvalue weighted by Gasteiger charge is 2.30. The van der Waals surface area contributed by atoms with Crippen molar-refractivity contribution < 1.29 is 31.1 Å². The average Bonchev–Trinajstić information content (AvgIpc) is 1.59. The van der Waals surface area contributed by atoms with E-state index in [9.17, 15) is 22.0 Å². The Morgan fingerprint density at radius 1 is 0.900 bits per heavy atom. The van der Waals surface area contributed by atoms with Gasteiger partial charge in [0, 0.05) is 0 Å². The van der Waals surface area contributed by atoms with Crippen LogP contribution in [0.5, 0.6) is 0 Å². The van der Waals surface area contributed by atoms with Crippen LogP contribution in [0.25, 0.3) is 0 Å². The highest BCUT2D eigenvalue weighted by molar-refractivity contribution is 7.98. The maximum absolute atomic E-state index is 9.73. The Balaban J connectivity index is 4.94. The van der Waals surface area contributed by atoms with Gasteiger partial charge in [-0.3, -0.25) is 9.11 Å². The van der Waals surface area contributed by atoms with E-state index in [1.807, 2.05) is 0 Å². The van der Waals surface area contributed by atoms with Crippen LogP contribution in [0.1, 0.15) is 0 Å². The summed E-state index contributed by atoms with van der Waals surface area (Å²) >= 11 is 0. The molecule has 0 aliphatic carbocycles. The Hall–Kier alpha value is -0.260. The second kappa shape index (κ2) is 2.41. The molecule has 0 aliphatic rings. The summed E-state index contributed by atoms with van der Waals surface area (Å²) in [6, 6.07) is 0. The minimum atomic E-state index is -5.42. The van der Waals surface area contributed by atoms with E-state index in [0.29, 0.717) is 0 Å². The summed E-state index contributed by atoms with van der Waals surface area (Å²) in [4.78, 5) is 0. The van der Waals surface area contributed by atoms with Gasteiger partial charge in [0.15, 0.2) is 0 Å². The van der Waals surface area contributed by atoms with Crippen LogP contribution in [0.15, 0.2) is 0 Å². The smallest absolute Gasteiger partial charge is 0.271 e. The van der Waals surface area contributed by atoms with Crippen LogP contribution in [0.4, 0.5) is 0 Å². The van der Waals surface area contributed by atoms with E-state index in [-0.39, 0.29) is 0 Å². The second-order valence-electron chi connectivity index (χ2n) is 1.12. The predicted octanol–water partition coefficient (Wildman–Crippen LogP) is -1.76. The Morgan fingerprint density at radius 2 is 1.10 bits per heavy atom. The van der Waals surface area contributed by atoms with E-state index in [1.54, 1.807) is 0 Å². The topological polar surface area (TPSA) is 132 Å². The Labute approximate surface area is 56.4 Å². The summed E-state index contributed by atoms with van der Waals surface area (Å²) in [5, 5.41) is 9.73. The van der Waals surface area contributed by atoms with Gasteiger partial charge >= 0.3 is 20.6 Å². The first-order chi connectivity index (χ1) is 4.15. The van der Waals surface area contributed by atoms with Crippen LogP contribution in [0.3, 0.4) is 0 Å². The fourth-order valence-corrected chi connectivity index (χ4v) is 1.07. The van der Waals surface area contributed by atoms with E-state index in [2.05, 4.69) is 0 Å². The van der Waals surface area contributed by atoms with Crippen LogP contribution in [-0.4, -0.2) is 29.8 Å². The molecule has 0 saturated heterocycles. The van der Waals surface area contributed by atoms with Crippen molar-refractivity contribution in [2.45, 2.75) is 0 Å². The molecule has 0 bridgehead atoms. The van der Waals surface area contributed by atoms with Gasteiger partial charge in [-0.05, 0) is 0 Å². The quantitative estimate of drug-likeness (QED) is 0.393. The summed E-state index contributed by atoms with van der Waals surface area (Å²) in [6.45, 7) is 0. The molecule has 2 N–H and O–H groups in total. The standard InChI is InChI=1S/H2NO7S2/c2-1(9(3,4)5)10(6,7)8/h(H,3,4,5)(H,6,7,8). The van der Waals surface area contributed by atoms with Crippen molar-refractivity contribution in [2.24, 2.45) is 0 Å². The summed E-state index contributed by atoms with van der Waals surface area (Å²) in [7, 11) is -10.8. The SMILES string of the molecule is [O]N(S(=O)(=O)O)S(=O)(=O)O. The molecule has 0 rings (SSSR count). The zero-order valence-corrected chi connectivity index (χ0v) is 5.83. The zero-order chi connectivity index (χ0) is 8.58. The van der Waals surface area contributed by atoms with Crippen LogP contribution < -0.4 is 0 Å². The van der Waals surface area contributed by atoms with Crippen molar-refractivity contribution in [3.05, 3.63) is 0 Å². The lowest BCUT2D eigenvalue weighted by Gasteiger charge is -2.00. The maximum Gasteiger partial charge on any atom is 0.377 e. The molecule has 0 aromatic rings. The minimum absolute atomic E-state index is 1.82. The van der Waals surface area contributed by atoms with Gasteiger partial charge in [-0.15, -0.1) is 0 Å². The third-order valence-corrected chi connectivity index (χ3v) is 2.26. The molecule has 0 saturated carbocycles. The monoisotopic (exact) mass is 192 g/mol. The molecule has 1 radical (unpaired) electrons. The molecule has 0 fully saturated rings. The van der Waals surface area contributed by atoms with Gasteiger partial charge in [-0.25, -0.2) is 0 Å². The van der Waals surface area contributed by atoms with Crippen LogP contribution in [0, 0.1) is 0 Å². The molecule has 0 amide bonds. The predicted molar refractivity (Wildman–Crippen MR) is 25.6 cm³/mol. The third-order valence-electron chi connectivity index (χ3n) is 0.377. The fourth-order valence-electron chi connectivity index (χ4n) is 0.119. The summed E-state index contributed by atoms with van der Waals surface area (Å²) in [5.74, 6) is 0. The molecule has 10 heavy (non-hydrogen) atoms. The largest absolute Gasteiger partial charge is 0.377 e. The van der Waals surface area contributed by atoms with E-state index >= 15 is 0 Å². The van der Waals surface area contributed by atoms with E-state index in [0.717, 1.165) is 0 Å². The lowest BCUT2D eigenvalue weighted by Crippen LogP contribution is -2.31.